The topological polar surface area (TPSA) is 140 Å². The van der Waals surface area contributed by atoms with E-state index in [1.807, 2.05) is 0 Å². The Balaban J connectivity index is 1.56. The quantitative estimate of drug-likeness (QED) is 0.597. The first kappa shape index (κ1) is 20.9. The maximum atomic E-state index is 13.2. The molecule has 1 aromatic carbocycles. The maximum absolute atomic E-state index is 13.2. The molecule has 0 bridgehead atoms. The first-order valence-electron chi connectivity index (χ1n) is 9.93. The van der Waals surface area contributed by atoms with Gasteiger partial charge in [-0.25, -0.2) is 4.79 Å². The molecule has 2 aliphatic heterocycles. The number of fused-ring (bicyclic) bond motifs is 1. The highest BCUT2D eigenvalue weighted by molar-refractivity contribution is 5.97. The standard InChI is InChI=1S/C21H24O9/c1-11-10-28-20(9-14(11)29-18(25)12-5-3-2-4-6-12)19(26)21(27)15(22)7-13(17(23)24)8-16(21)30-20/h2-6,11,13-16,22,27H,7-10H2,1H3,(H,23,24)/t11-,13+,14+,15+,16-,20+,21-/m1/s1. The lowest BCUT2D eigenvalue weighted by Crippen LogP contribution is -2.61. The normalized spacial score (nSPS) is 40.8. The van der Waals surface area contributed by atoms with Crippen molar-refractivity contribution in [3.8, 4) is 0 Å². The van der Waals surface area contributed by atoms with Crippen LogP contribution in [0.1, 0.15) is 36.5 Å². The Morgan fingerprint density at radius 3 is 2.57 bits per heavy atom. The molecule has 1 saturated carbocycles. The fraction of sp³-hybridized carbons (Fsp3) is 0.571. The van der Waals surface area contributed by atoms with Crippen molar-refractivity contribution < 1.29 is 43.9 Å². The molecule has 1 aromatic rings. The van der Waals surface area contributed by atoms with Gasteiger partial charge in [-0.2, -0.15) is 0 Å². The van der Waals surface area contributed by atoms with Gasteiger partial charge < -0.3 is 29.5 Å². The van der Waals surface area contributed by atoms with Crippen LogP contribution in [0.4, 0.5) is 0 Å². The van der Waals surface area contributed by atoms with Crippen LogP contribution in [0.2, 0.25) is 0 Å². The average Bonchev–Trinajstić information content (AvgIpc) is 2.94. The molecule has 162 valence electrons. The van der Waals surface area contributed by atoms with Crippen LogP contribution in [0, 0.1) is 11.8 Å². The smallest absolute Gasteiger partial charge is 0.338 e. The van der Waals surface area contributed by atoms with Gasteiger partial charge in [-0.3, -0.25) is 9.59 Å². The molecule has 1 aliphatic carbocycles. The van der Waals surface area contributed by atoms with Crippen molar-refractivity contribution in [3.05, 3.63) is 35.9 Å². The van der Waals surface area contributed by atoms with Crippen molar-refractivity contribution >= 4 is 17.7 Å². The largest absolute Gasteiger partial charge is 0.481 e. The number of carbonyl (C=O) groups excluding carboxylic acids is 2. The number of esters is 1. The van der Waals surface area contributed by atoms with Gasteiger partial charge in [-0.15, -0.1) is 0 Å². The summed E-state index contributed by atoms with van der Waals surface area (Å²) in [6.07, 6.45) is -4.12. The molecular weight excluding hydrogens is 396 g/mol. The van der Waals surface area contributed by atoms with E-state index < -0.39 is 53.3 Å². The van der Waals surface area contributed by atoms with Crippen LogP contribution in [0.15, 0.2) is 30.3 Å². The molecule has 9 nitrogen and oxygen atoms in total. The Hall–Kier alpha value is -2.33. The highest BCUT2D eigenvalue weighted by Crippen LogP contribution is 2.49. The average molecular weight is 420 g/mol. The van der Waals surface area contributed by atoms with E-state index in [4.69, 9.17) is 14.2 Å². The summed E-state index contributed by atoms with van der Waals surface area (Å²) in [6, 6.07) is 8.40. The summed E-state index contributed by atoms with van der Waals surface area (Å²) in [5, 5.41) is 30.7. The summed E-state index contributed by atoms with van der Waals surface area (Å²) in [6.45, 7) is 1.83. The predicted molar refractivity (Wildman–Crippen MR) is 99.3 cm³/mol. The van der Waals surface area contributed by atoms with Gasteiger partial charge in [0.2, 0.25) is 11.6 Å². The molecule has 0 unspecified atom stereocenters. The van der Waals surface area contributed by atoms with Crippen molar-refractivity contribution in [2.24, 2.45) is 11.8 Å². The summed E-state index contributed by atoms with van der Waals surface area (Å²) in [4.78, 5) is 37.0. The summed E-state index contributed by atoms with van der Waals surface area (Å²) in [5.41, 5.74) is -1.91. The molecular formula is C21H24O9. The molecule has 2 heterocycles. The Kier molecular flexibility index (Phi) is 5.17. The molecule has 3 aliphatic rings. The van der Waals surface area contributed by atoms with Gasteiger partial charge in [0.05, 0.1) is 24.2 Å². The van der Waals surface area contributed by atoms with E-state index in [0.717, 1.165) is 0 Å². The van der Waals surface area contributed by atoms with Crippen molar-refractivity contribution in [1.29, 1.82) is 0 Å². The highest BCUT2D eigenvalue weighted by atomic mass is 16.7. The Bertz CT molecular complexity index is 855. The van der Waals surface area contributed by atoms with Gasteiger partial charge in [0, 0.05) is 12.3 Å². The Morgan fingerprint density at radius 2 is 1.90 bits per heavy atom. The molecule has 0 amide bonds. The third-order valence-electron chi connectivity index (χ3n) is 6.35. The number of carbonyl (C=O) groups is 3. The van der Waals surface area contributed by atoms with E-state index in [2.05, 4.69) is 0 Å². The van der Waals surface area contributed by atoms with Crippen molar-refractivity contribution in [2.45, 2.75) is 55.9 Å². The van der Waals surface area contributed by atoms with E-state index in [1.54, 1.807) is 37.3 Å². The zero-order valence-corrected chi connectivity index (χ0v) is 16.4. The van der Waals surface area contributed by atoms with Gasteiger partial charge >= 0.3 is 11.9 Å². The maximum Gasteiger partial charge on any atom is 0.338 e. The van der Waals surface area contributed by atoms with E-state index in [9.17, 15) is 29.7 Å². The molecule has 30 heavy (non-hydrogen) atoms. The van der Waals surface area contributed by atoms with Gasteiger partial charge in [-0.05, 0) is 25.0 Å². The zero-order valence-electron chi connectivity index (χ0n) is 16.4. The minimum absolute atomic E-state index is 0.0275. The number of carboxylic acids is 1. The number of hydrogen-bond donors (Lipinski definition) is 3. The van der Waals surface area contributed by atoms with Gasteiger partial charge in [-0.1, -0.05) is 25.1 Å². The Morgan fingerprint density at radius 1 is 1.20 bits per heavy atom. The predicted octanol–water partition coefficient (Wildman–Crippen LogP) is 0.519. The third kappa shape index (κ3) is 3.22. The van der Waals surface area contributed by atoms with E-state index in [-0.39, 0.29) is 31.8 Å². The number of Topliss-reactive ketones (excluding diaryl/α,β-unsaturated/α-hetero) is 1. The lowest BCUT2D eigenvalue weighted by atomic mass is 9.72. The fourth-order valence-electron chi connectivity index (χ4n) is 4.50. The first-order valence-corrected chi connectivity index (χ1v) is 9.93. The minimum atomic E-state index is -2.26. The molecule has 3 N–H and O–H groups in total. The number of rotatable bonds is 3. The molecule has 9 heteroatoms. The van der Waals surface area contributed by atoms with Gasteiger partial charge in [0.25, 0.3) is 0 Å². The number of hydrogen-bond acceptors (Lipinski definition) is 8. The number of ether oxygens (including phenoxy) is 3. The lowest BCUT2D eigenvalue weighted by Gasteiger charge is -2.39. The van der Waals surface area contributed by atoms with Crippen LogP contribution >= 0.6 is 0 Å². The monoisotopic (exact) mass is 420 g/mol. The molecule has 7 atom stereocenters. The van der Waals surface area contributed by atoms with Crippen LogP contribution in [0.25, 0.3) is 0 Å². The molecule has 0 aromatic heterocycles. The number of aliphatic hydroxyl groups is 2. The third-order valence-corrected chi connectivity index (χ3v) is 6.35. The second kappa shape index (κ2) is 7.42. The molecule has 1 spiro atoms. The van der Waals surface area contributed by atoms with Crippen molar-refractivity contribution in [3.63, 3.8) is 0 Å². The summed E-state index contributed by atoms with van der Waals surface area (Å²) >= 11 is 0. The Labute approximate surface area is 172 Å². The number of aliphatic carboxylic acids is 1. The van der Waals surface area contributed by atoms with Crippen LogP contribution in [0.3, 0.4) is 0 Å². The van der Waals surface area contributed by atoms with Crippen molar-refractivity contribution in [1.82, 2.24) is 0 Å². The van der Waals surface area contributed by atoms with Gasteiger partial charge in [0.1, 0.15) is 12.2 Å². The summed E-state index contributed by atoms with van der Waals surface area (Å²) in [5.74, 6) is -5.65. The molecule has 0 radical (unpaired) electrons. The zero-order chi connectivity index (χ0) is 21.7. The lowest BCUT2D eigenvalue weighted by molar-refractivity contribution is -0.266. The molecule has 3 fully saturated rings. The second-order valence-electron chi connectivity index (χ2n) is 8.34. The second-order valence-corrected chi connectivity index (χ2v) is 8.34. The number of ketones is 1. The minimum Gasteiger partial charge on any atom is -0.481 e. The SMILES string of the molecule is C[C@@H]1CO[C@@]2(C[C@@H]1OC(=O)c1ccccc1)O[C@@H]1C[C@@H](C(=O)O)C[C@H](O)[C@]1(O)C2=O. The van der Waals surface area contributed by atoms with Crippen LogP contribution in [-0.4, -0.2) is 69.3 Å². The number of benzene rings is 1. The van der Waals surface area contributed by atoms with Crippen molar-refractivity contribution in [2.75, 3.05) is 6.61 Å². The molecule has 4 rings (SSSR count). The molecule has 2 saturated heterocycles. The first-order chi connectivity index (χ1) is 14.2. The van der Waals surface area contributed by atoms with Crippen LogP contribution in [-0.2, 0) is 23.8 Å². The van der Waals surface area contributed by atoms with E-state index in [1.165, 1.54) is 0 Å². The van der Waals surface area contributed by atoms with Crippen LogP contribution in [0.5, 0.6) is 0 Å². The number of aliphatic hydroxyl groups excluding tert-OH is 1. The van der Waals surface area contributed by atoms with Crippen LogP contribution < -0.4 is 0 Å². The summed E-state index contributed by atoms with van der Waals surface area (Å²) in [7, 11) is 0. The van der Waals surface area contributed by atoms with E-state index >= 15 is 0 Å². The highest BCUT2D eigenvalue weighted by Gasteiger charge is 2.70. The summed E-state index contributed by atoms with van der Waals surface area (Å²) < 4.78 is 17.1. The van der Waals surface area contributed by atoms with Gasteiger partial charge in [0.15, 0.2) is 5.60 Å². The van der Waals surface area contributed by atoms with E-state index in [0.29, 0.717) is 5.56 Å². The fourth-order valence-corrected chi connectivity index (χ4v) is 4.50. The number of carboxylic acid groups (broad SMARTS) is 1.